The van der Waals surface area contributed by atoms with Gasteiger partial charge in [0, 0.05) is 31.9 Å². The Morgan fingerprint density at radius 2 is 1.62 bits per heavy atom. The lowest BCUT2D eigenvalue weighted by Gasteiger charge is -2.39. The molecular formula is C24H31N3O2. The molecule has 2 aromatic carbocycles. The van der Waals surface area contributed by atoms with Crippen molar-refractivity contribution in [2.45, 2.75) is 33.7 Å². The minimum atomic E-state index is -1.10. The highest BCUT2D eigenvalue weighted by atomic mass is 16.2. The maximum atomic E-state index is 13.1. The molecule has 0 aromatic heterocycles. The van der Waals surface area contributed by atoms with Crippen LogP contribution < -0.4 is 10.2 Å². The smallest absolute Gasteiger partial charge is 0.237 e. The quantitative estimate of drug-likeness (QED) is 0.791. The fourth-order valence-electron chi connectivity index (χ4n) is 3.69. The molecule has 1 N–H and O–H groups in total. The molecule has 1 aliphatic heterocycles. The summed E-state index contributed by atoms with van der Waals surface area (Å²) in [6, 6.07) is 18.1. The van der Waals surface area contributed by atoms with Gasteiger partial charge in [-0.1, -0.05) is 42.5 Å². The maximum absolute atomic E-state index is 13.1. The minimum Gasteiger partial charge on any atom is -0.368 e. The zero-order chi connectivity index (χ0) is 21.0. The molecule has 0 saturated carbocycles. The second kappa shape index (κ2) is 8.68. The zero-order valence-electron chi connectivity index (χ0n) is 17.8. The van der Waals surface area contributed by atoms with Gasteiger partial charge < -0.3 is 15.1 Å². The molecule has 154 valence electrons. The molecule has 5 nitrogen and oxygen atoms in total. The fraction of sp³-hybridized carbons (Fsp3) is 0.417. The lowest BCUT2D eigenvalue weighted by atomic mass is 9.89. The Labute approximate surface area is 173 Å². The highest BCUT2D eigenvalue weighted by molar-refractivity contribution is 6.04. The third-order valence-corrected chi connectivity index (χ3v) is 5.68. The maximum Gasteiger partial charge on any atom is 0.237 e. The van der Waals surface area contributed by atoms with Crippen molar-refractivity contribution in [3.05, 3.63) is 65.7 Å². The number of anilines is 1. The molecule has 0 spiro atoms. The predicted molar refractivity (Wildman–Crippen MR) is 117 cm³/mol. The first-order chi connectivity index (χ1) is 13.8. The van der Waals surface area contributed by atoms with E-state index < -0.39 is 5.41 Å². The number of rotatable bonds is 5. The molecule has 1 saturated heterocycles. The molecule has 2 amide bonds. The van der Waals surface area contributed by atoms with Gasteiger partial charge in [0.05, 0.1) is 6.04 Å². The van der Waals surface area contributed by atoms with Crippen molar-refractivity contribution in [3.63, 3.8) is 0 Å². The van der Waals surface area contributed by atoms with Crippen LogP contribution in [0.2, 0.25) is 0 Å². The Bertz CT molecular complexity index is 855. The van der Waals surface area contributed by atoms with E-state index in [2.05, 4.69) is 41.4 Å². The first-order valence-electron chi connectivity index (χ1n) is 10.3. The Morgan fingerprint density at radius 3 is 2.24 bits per heavy atom. The summed E-state index contributed by atoms with van der Waals surface area (Å²) in [7, 11) is 0. The van der Waals surface area contributed by atoms with E-state index in [1.54, 1.807) is 13.8 Å². The Kier molecular flexibility index (Phi) is 6.26. The van der Waals surface area contributed by atoms with Crippen LogP contribution in [0.15, 0.2) is 54.6 Å². The summed E-state index contributed by atoms with van der Waals surface area (Å²) in [4.78, 5) is 30.1. The van der Waals surface area contributed by atoms with Crippen LogP contribution in [0.4, 0.5) is 5.69 Å². The Morgan fingerprint density at radius 1 is 0.966 bits per heavy atom. The summed E-state index contributed by atoms with van der Waals surface area (Å²) in [5.41, 5.74) is 2.34. The van der Waals surface area contributed by atoms with Crippen molar-refractivity contribution in [2.75, 3.05) is 31.1 Å². The number of carbonyl (C=O) groups is 2. The number of piperazine rings is 1. The predicted octanol–water partition coefficient (Wildman–Crippen LogP) is 3.55. The molecule has 0 aliphatic carbocycles. The summed E-state index contributed by atoms with van der Waals surface area (Å²) in [6.45, 7) is 10.2. The Hall–Kier alpha value is -2.82. The average Bonchev–Trinajstić information content (AvgIpc) is 2.73. The second-order valence-corrected chi connectivity index (χ2v) is 8.35. The van der Waals surface area contributed by atoms with E-state index in [1.165, 1.54) is 11.3 Å². The number of amides is 2. The van der Waals surface area contributed by atoms with Gasteiger partial charge in [-0.05, 0) is 51.0 Å². The first-order valence-corrected chi connectivity index (χ1v) is 10.3. The molecule has 0 bridgehead atoms. The SMILES string of the molecule is Cc1cccc(N2CCN(C(=O)C(C)(C)C(=O)NC(C)c3ccccc3)CC2)c1. The number of hydrogen-bond donors (Lipinski definition) is 1. The lowest BCUT2D eigenvalue weighted by molar-refractivity contribution is -0.149. The normalized spacial score (nSPS) is 15.7. The molecule has 5 heteroatoms. The number of hydrogen-bond acceptors (Lipinski definition) is 3. The van der Waals surface area contributed by atoms with Crippen LogP contribution in [-0.4, -0.2) is 42.9 Å². The van der Waals surface area contributed by atoms with E-state index in [9.17, 15) is 9.59 Å². The molecule has 3 rings (SSSR count). The van der Waals surface area contributed by atoms with Gasteiger partial charge in [0.15, 0.2) is 0 Å². The van der Waals surface area contributed by atoms with Gasteiger partial charge in [0.25, 0.3) is 0 Å². The number of aryl methyl sites for hydroxylation is 1. The second-order valence-electron chi connectivity index (χ2n) is 8.35. The summed E-state index contributed by atoms with van der Waals surface area (Å²) in [5.74, 6) is -0.348. The summed E-state index contributed by atoms with van der Waals surface area (Å²) in [6.07, 6.45) is 0. The topological polar surface area (TPSA) is 52.7 Å². The molecule has 1 atom stereocenters. The van der Waals surface area contributed by atoms with Crippen molar-refractivity contribution in [2.24, 2.45) is 5.41 Å². The average molecular weight is 394 g/mol. The van der Waals surface area contributed by atoms with Crippen molar-refractivity contribution in [1.82, 2.24) is 10.2 Å². The lowest BCUT2D eigenvalue weighted by Crippen LogP contribution is -2.55. The van der Waals surface area contributed by atoms with Crippen molar-refractivity contribution >= 4 is 17.5 Å². The van der Waals surface area contributed by atoms with E-state index in [0.717, 1.165) is 18.7 Å². The van der Waals surface area contributed by atoms with Gasteiger partial charge in [-0.3, -0.25) is 9.59 Å². The van der Waals surface area contributed by atoms with E-state index >= 15 is 0 Å². The van der Waals surface area contributed by atoms with Crippen LogP contribution in [0.1, 0.15) is 37.9 Å². The van der Waals surface area contributed by atoms with Gasteiger partial charge in [0.1, 0.15) is 5.41 Å². The highest BCUT2D eigenvalue weighted by Crippen LogP contribution is 2.24. The van der Waals surface area contributed by atoms with E-state index in [0.29, 0.717) is 13.1 Å². The molecule has 0 radical (unpaired) electrons. The van der Waals surface area contributed by atoms with Crippen molar-refractivity contribution < 1.29 is 9.59 Å². The van der Waals surface area contributed by atoms with Crippen LogP contribution in [0.25, 0.3) is 0 Å². The largest absolute Gasteiger partial charge is 0.368 e. The van der Waals surface area contributed by atoms with Crippen LogP contribution in [0.3, 0.4) is 0 Å². The van der Waals surface area contributed by atoms with E-state index in [1.807, 2.05) is 42.2 Å². The summed E-state index contributed by atoms with van der Waals surface area (Å²) in [5, 5.41) is 3.00. The summed E-state index contributed by atoms with van der Waals surface area (Å²) < 4.78 is 0. The first kappa shape index (κ1) is 20.9. The molecule has 1 aliphatic rings. The van der Waals surface area contributed by atoms with Crippen LogP contribution in [-0.2, 0) is 9.59 Å². The third-order valence-electron chi connectivity index (χ3n) is 5.68. The van der Waals surface area contributed by atoms with E-state index in [-0.39, 0.29) is 17.9 Å². The van der Waals surface area contributed by atoms with Gasteiger partial charge in [-0.15, -0.1) is 0 Å². The Balaban J connectivity index is 1.59. The highest BCUT2D eigenvalue weighted by Gasteiger charge is 2.40. The van der Waals surface area contributed by atoms with Crippen LogP contribution >= 0.6 is 0 Å². The molecular weight excluding hydrogens is 362 g/mol. The van der Waals surface area contributed by atoms with Gasteiger partial charge in [0.2, 0.25) is 11.8 Å². The molecule has 1 fully saturated rings. The van der Waals surface area contributed by atoms with Crippen LogP contribution in [0.5, 0.6) is 0 Å². The minimum absolute atomic E-state index is 0.112. The summed E-state index contributed by atoms with van der Waals surface area (Å²) >= 11 is 0. The molecule has 1 unspecified atom stereocenters. The van der Waals surface area contributed by atoms with Crippen LogP contribution in [0, 0.1) is 12.3 Å². The number of carbonyl (C=O) groups excluding carboxylic acids is 2. The molecule has 29 heavy (non-hydrogen) atoms. The zero-order valence-corrected chi connectivity index (χ0v) is 17.8. The number of benzene rings is 2. The number of nitrogens with zero attached hydrogens (tertiary/aromatic N) is 2. The van der Waals surface area contributed by atoms with Gasteiger partial charge >= 0.3 is 0 Å². The molecule has 2 aromatic rings. The molecule has 1 heterocycles. The van der Waals surface area contributed by atoms with E-state index in [4.69, 9.17) is 0 Å². The monoisotopic (exact) mass is 393 g/mol. The van der Waals surface area contributed by atoms with Gasteiger partial charge in [-0.2, -0.15) is 0 Å². The van der Waals surface area contributed by atoms with Crippen molar-refractivity contribution in [3.8, 4) is 0 Å². The standard InChI is InChI=1S/C24H31N3O2/c1-18-9-8-12-21(17-18)26-13-15-27(16-14-26)23(29)24(3,4)22(28)25-19(2)20-10-6-5-7-11-20/h5-12,17,19H,13-16H2,1-4H3,(H,25,28). The number of nitrogens with one attached hydrogen (secondary N) is 1. The van der Waals surface area contributed by atoms with Gasteiger partial charge in [-0.25, -0.2) is 0 Å². The van der Waals surface area contributed by atoms with Crippen molar-refractivity contribution in [1.29, 1.82) is 0 Å². The fourth-order valence-corrected chi connectivity index (χ4v) is 3.69. The third kappa shape index (κ3) is 4.78.